The molecule has 1 aromatic carbocycles. The number of nitrogens with two attached hydrogens (primary N) is 1. The molecule has 0 radical (unpaired) electrons. The monoisotopic (exact) mass is 340 g/mol. The summed E-state index contributed by atoms with van der Waals surface area (Å²) in [6.07, 6.45) is 7.31. The number of hydrogen-bond donors (Lipinski definition) is 2. The molecule has 1 heterocycles. The van der Waals surface area contributed by atoms with E-state index in [1.807, 2.05) is 24.3 Å². The van der Waals surface area contributed by atoms with Crippen molar-refractivity contribution in [3.8, 4) is 11.5 Å². The molecular weight excluding hydrogens is 316 g/mol. The van der Waals surface area contributed by atoms with Gasteiger partial charge in [0, 0.05) is 18.0 Å². The Kier molecular flexibility index (Phi) is 4.29. The van der Waals surface area contributed by atoms with Gasteiger partial charge in [0.1, 0.15) is 0 Å². The van der Waals surface area contributed by atoms with Gasteiger partial charge in [0.2, 0.25) is 5.91 Å². The first-order valence-corrected chi connectivity index (χ1v) is 9.14. The van der Waals surface area contributed by atoms with Crippen LogP contribution in [0.3, 0.4) is 0 Å². The van der Waals surface area contributed by atoms with Crippen LogP contribution in [0.5, 0.6) is 0 Å². The van der Waals surface area contributed by atoms with Gasteiger partial charge >= 0.3 is 0 Å². The van der Waals surface area contributed by atoms with Gasteiger partial charge in [0.25, 0.3) is 5.89 Å². The molecule has 6 nitrogen and oxygen atoms in total. The van der Waals surface area contributed by atoms with Crippen molar-refractivity contribution >= 4 is 5.91 Å². The summed E-state index contributed by atoms with van der Waals surface area (Å²) in [4.78, 5) is 16.5. The fraction of sp³-hybridized carbons (Fsp3) is 0.526. The van der Waals surface area contributed by atoms with Gasteiger partial charge in [-0.05, 0) is 49.8 Å². The van der Waals surface area contributed by atoms with Crippen LogP contribution in [-0.2, 0) is 16.9 Å². The van der Waals surface area contributed by atoms with E-state index in [2.05, 4.69) is 15.5 Å². The fourth-order valence-electron chi connectivity index (χ4n) is 3.61. The number of carbonyl (C=O) groups is 1. The van der Waals surface area contributed by atoms with E-state index in [0.717, 1.165) is 43.2 Å². The largest absolute Gasteiger partial charge is 0.352 e. The first kappa shape index (κ1) is 16.3. The Balaban J connectivity index is 1.37. The maximum Gasteiger partial charge on any atom is 0.257 e. The molecule has 2 fully saturated rings. The third-order valence-corrected chi connectivity index (χ3v) is 5.51. The zero-order valence-corrected chi connectivity index (χ0v) is 14.3. The fourth-order valence-corrected chi connectivity index (χ4v) is 3.61. The Morgan fingerprint density at radius 2 is 1.92 bits per heavy atom. The highest BCUT2D eigenvalue weighted by Gasteiger charge is 2.39. The molecule has 2 aromatic rings. The first-order valence-electron chi connectivity index (χ1n) is 9.14. The highest BCUT2D eigenvalue weighted by atomic mass is 16.5. The van der Waals surface area contributed by atoms with Crippen molar-refractivity contribution in [3.63, 3.8) is 0 Å². The van der Waals surface area contributed by atoms with Crippen LogP contribution in [0.2, 0.25) is 0 Å². The lowest BCUT2D eigenvalue weighted by Crippen LogP contribution is -2.44. The van der Waals surface area contributed by atoms with Crippen LogP contribution in [0.1, 0.15) is 56.3 Å². The molecule has 0 atom stereocenters. The molecule has 0 bridgehead atoms. The van der Waals surface area contributed by atoms with E-state index >= 15 is 0 Å². The maximum absolute atomic E-state index is 12.1. The van der Waals surface area contributed by atoms with Crippen LogP contribution in [-0.4, -0.2) is 16.0 Å². The number of rotatable bonds is 5. The Morgan fingerprint density at radius 1 is 1.20 bits per heavy atom. The smallest absolute Gasteiger partial charge is 0.257 e. The number of nitrogens with zero attached hydrogens (tertiary/aromatic N) is 2. The van der Waals surface area contributed by atoms with Crippen molar-refractivity contribution in [2.75, 3.05) is 0 Å². The highest BCUT2D eigenvalue weighted by Crippen LogP contribution is 2.37. The third-order valence-electron chi connectivity index (χ3n) is 5.51. The average molecular weight is 340 g/mol. The average Bonchev–Trinajstić information content (AvgIpc) is 3.30. The molecule has 1 amide bonds. The number of nitrogens with one attached hydrogen (secondary N) is 1. The second kappa shape index (κ2) is 6.59. The molecule has 0 spiro atoms. The van der Waals surface area contributed by atoms with Crippen LogP contribution < -0.4 is 11.1 Å². The molecule has 0 saturated heterocycles. The summed E-state index contributed by atoms with van der Waals surface area (Å²) in [5, 5.41) is 7.08. The van der Waals surface area contributed by atoms with Crippen molar-refractivity contribution in [3.05, 3.63) is 35.7 Å². The van der Waals surface area contributed by atoms with Crippen molar-refractivity contribution in [1.82, 2.24) is 15.5 Å². The topological polar surface area (TPSA) is 94.0 Å². The Hall–Kier alpha value is -2.21. The summed E-state index contributed by atoms with van der Waals surface area (Å²) in [5.74, 6) is 1.47. The molecule has 25 heavy (non-hydrogen) atoms. The quantitative estimate of drug-likeness (QED) is 0.873. The van der Waals surface area contributed by atoms with E-state index in [9.17, 15) is 4.79 Å². The molecule has 2 saturated carbocycles. The summed E-state index contributed by atoms with van der Waals surface area (Å²) >= 11 is 0. The molecule has 1 aromatic heterocycles. The normalized spacial score (nSPS) is 19.6. The Bertz CT molecular complexity index is 743. The molecule has 6 heteroatoms. The van der Waals surface area contributed by atoms with Crippen molar-refractivity contribution in [2.24, 2.45) is 11.7 Å². The van der Waals surface area contributed by atoms with Crippen molar-refractivity contribution in [1.29, 1.82) is 0 Å². The molecule has 132 valence electrons. The minimum Gasteiger partial charge on any atom is -0.352 e. The molecule has 0 aliphatic heterocycles. The van der Waals surface area contributed by atoms with E-state index in [4.69, 9.17) is 10.3 Å². The van der Waals surface area contributed by atoms with E-state index in [1.54, 1.807) is 0 Å². The lowest BCUT2D eigenvalue weighted by molar-refractivity contribution is -0.124. The number of hydrogen-bond acceptors (Lipinski definition) is 5. The summed E-state index contributed by atoms with van der Waals surface area (Å²) in [6, 6.07) is 7.85. The van der Waals surface area contributed by atoms with Gasteiger partial charge in [-0.1, -0.05) is 30.1 Å². The number of aromatic nitrogens is 2. The summed E-state index contributed by atoms with van der Waals surface area (Å²) in [7, 11) is 0. The molecule has 0 unspecified atom stereocenters. The third kappa shape index (κ3) is 3.31. The summed E-state index contributed by atoms with van der Waals surface area (Å²) in [6.45, 7) is 0.552. The Morgan fingerprint density at radius 3 is 2.56 bits per heavy atom. The molecule has 3 N–H and O–H groups in total. The Labute approximate surface area is 147 Å². The standard InChI is InChI=1S/C19H24N4O2/c20-19(10-3-11-19)18-22-17(25-23-18)15-8-6-13(7-9-15)12-21-16(24)14-4-1-2-5-14/h6-9,14H,1-5,10-12,20H2,(H,21,24). The van der Waals surface area contributed by atoms with Crippen LogP contribution in [0.15, 0.2) is 28.8 Å². The van der Waals surface area contributed by atoms with Gasteiger partial charge < -0.3 is 15.6 Å². The minimum absolute atomic E-state index is 0.178. The van der Waals surface area contributed by atoms with Gasteiger partial charge in [0.15, 0.2) is 5.82 Å². The van der Waals surface area contributed by atoms with E-state index in [0.29, 0.717) is 18.3 Å². The van der Waals surface area contributed by atoms with Gasteiger partial charge in [-0.3, -0.25) is 4.79 Å². The van der Waals surface area contributed by atoms with E-state index in [-0.39, 0.29) is 11.8 Å². The molecule has 2 aliphatic rings. The predicted molar refractivity (Wildman–Crippen MR) is 93.3 cm³/mol. The van der Waals surface area contributed by atoms with E-state index in [1.165, 1.54) is 12.8 Å². The van der Waals surface area contributed by atoms with Crippen molar-refractivity contribution in [2.45, 2.75) is 57.0 Å². The summed E-state index contributed by atoms with van der Waals surface area (Å²) < 4.78 is 5.37. The minimum atomic E-state index is -0.411. The second-order valence-corrected chi connectivity index (χ2v) is 7.33. The second-order valence-electron chi connectivity index (χ2n) is 7.33. The van der Waals surface area contributed by atoms with Crippen LogP contribution in [0.4, 0.5) is 0 Å². The lowest BCUT2D eigenvalue weighted by atomic mass is 9.77. The van der Waals surface area contributed by atoms with Gasteiger partial charge in [-0.15, -0.1) is 0 Å². The number of benzene rings is 1. The van der Waals surface area contributed by atoms with Crippen molar-refractivity contribution < 1.29 is 9.32 Å². The van der Waals surface area contributed by atoms with Crippen LogP contribution >= 0.6 is 0 Å². The molecule has 2 aliphatic carbocycles. The lowest BCUT2D eigenvalue weighted by Gasteiger charge is -2.34. The number of amides is 1. The predicted octanol–water partition coefficient (Wildman–Crippen LogP) is 2.88. The molecular formula is C19H24N4O2. The molecule has 4 rings (SSSR count). The van der Waals surface area contributed by atoms with Gasteiger partial charge in [-0.2, -0.15) is 4.98 Å². The van der Waals surface area contributed by atoms with Crippen LogP contribution in [0.25, 0.3) is 11.5 Å². The SMILES string of the molecule is NC1(c2noc(-c3ccc(CNC(=O)C4CCCC4)cc3)n2)CCC1. The zero-order chi connectivity index (χ0) is 17.3. The van der Waals surface area contributed by atoms with E-state index < -0.39 is 5.54 Å². The van der Waals surface area contributed by atoms with Crippen LogP contribution in [0, 0.1) is 5.92 Å². The van der Waals surface area contributed by atoms with Gasteiger partial charge in [-0.25, -0.2) is 0 Å². The first-order chi connectivity index (χ1) is 12.1. The zero-order valence-electron chi connectivity index (χ0n) is 14.3. The number of carbonyl (C=O) groups excluding carboxylic acids is 1. The summed E-state index contributed by atoms with van der Waals surface area (Å²) in [5.41, 5.74) is 7.75. The van der Waals surface area contributed by atoms with Gasteiger partial charge in [0.05, 0.1) is 5.54 Å². The maximum atomic E-state index is 12.1. The highest BCUT2D eigenvalue weighted by molar-refractivity contribution is 5.78.